The normalized spacial score (nSPS) is 10.4. The van der Waals surface area contributed by atoms with Gasteiger partial charge in [-0.2, -0.15) is 0 Å². The Hall–Kier alpha value is -1.64. The fourth-order valence-electron chi connectivity index (χ4n) is 1.86. The molecule has 2 rings (SSSR count). The molecule has 0 amide bonds. The average molecular weight is 214 g/mol. The van der Waals surface area contributed by atoms with Crippen LogP contribution in [0.4, 0.5) is 0 Å². The third-order valence-corrected chi connectivity index (χ3v) is 2.69. The molecule has 0 aromatic heterocycles. The number of aliphatic hydroxyl groups excluding tert-OH is 2. The van der Waals surface area contributed by atoms with E-state index >= 15 is 0 Å². The van der Waals surface area contributed by atoms with Crippen LogP contribution in [0.1, 0.15) is 11.1 Å². The molecule has 0 saturated carbocycles. The zero-order valence-corrected chi connectivity index (χ0v) is 8.93. The van der Waals surface area contributed by atoms with Crippen molar-refractivity contribution in [3.63, 3.8) is 0 Å². The van der Waals surface area contributed by atoms with E-state index in [2.05, 4.69) is 0 Å². The lowest BCUT2D eigenvalue weighted by Crippen LogP contribution is -1.97. The van der Waals surface area contributed by atoms with Gasteiger partial charge in [-0.25, -0.2) is 0 Å². The Balaban J connectivity index is 2.57. The van der Waals surface area contributed by atoms with E-state index in [4.69, 9.17) is 0 Å². The zero-order valence-electron chi connectivity index (χ0n) is 8.93. The minimum absolute atomic E-state index is 0.0451. The Kier molecular flexibility index (Phi) is 3.34. The van der Waals surface area contributed by atoms with Gasteiger partial charge in [0.1, 0.15) is 0 Å². The fraction of sp³-hybridized carbons (Fsp3) is 0.143. The maximum absolute atomic E-state index is 9.38. The second-order valence-corrected chi connectivity index (χ2v) is 3.63. The molecular formula is C14H14O2. The fourth-order valence-corrected chi connectivity index (χ4v) is 1.86. The molecule has 0 aliphatic heterocycles. The molecule has 0 saturated heterocycles. The minimum Gasteiger partial charge on any atom is -0.392 e. The molecular weight excluding hydrogens is 200 g/mol. The SMILES string of the molecule is OCc1cccc(-c2ccccc2)c1CO. The first-order valence-corrected chi connectivity index (χ1v) is 5.24. The van der Waals surface area contributed by atoms with Crippen molar-refractivity contribution in [2.45, 2.75) is 13.2 Å². The second-order valence-electron chi connectivity index (χ2n) is 3.63. The molecule has 2 nitrogen and oxygen atoms in total. The molecule has 0 atom stereocenters. The third kappa shape index (κ3) is 1.98. The molecule has 2 heteroatoms. The van der Waals surface area contributed by atoms with Gasteiger partial charge >= 0.3 is 0 Å². The summed E-state index contributed by atoms with van der Waals surface area (Å²) in [6.45, 7) is -0.0997. The molecule has 0 fully saturated rings. The van der Waals surface area contributed by atoms with Crippen molar-refractivity contribution in [1.29, 1.82) is 0 Å². The summed E-state index contributed by atoms with van der Waals surface area (Å²) in [6, 6.07) is 15.6. The van der Waals surface area contributed by atoms with E-state index in [1.807, 2.05) is 48.5 Å². The van der Waals surface area contributed by atoms with Gasteiger partial charge in [0.05, 0.1) is 13.2 Å². The minimum atomic E-state index is -0.0546. The van der Waals surface area contributed by atoms with Crippen LogP contribution in [0.3, 0.4) is 0 Å². The first-order valence-electron chi connectivity index (χ1n) is 5.24. The lowest BCUT2D eigenvalue weighted by Gasteiger charge is -2.11. The van der Waals surface area contributed by atoms with Crippen LogP contribution in [-0.2, 0) is 13.2 Å². The Morgan fingerprint density at radius 1 is 0.750 bits per heavy atom. The molecule has 0 aliphatic rings. The van der Waals surface area contributed by atoms with Gasteiger partial charge in [0.15, 0.2) is 0 Å². The predicted octanol–water partition coefficient (Wildman–Crippen LogP) is 2.34. The lowest BCUT2D eigenvalue weighted by molar-refractivity contribution is 0.260. The predicted molar refractivity (Wildman–Crippen MR) is 63.7 cm³/mol. The first kappa shape index (κ1) is 10.9. The van der Waals surface area contributed by atoms with Crippen molar-refractivity contribution in [2.75, 3.05) is 0 Å². The number of rotatable bonds is 3. The summed E-state index contributed by atoms with van der Waals surface area (Å²) < 4.78 is 0. The van der Waals surface area contributed by atoms with Crippen LogP contribution in [0.15, 0.2) is 48.5 Å². The summed E-state index contributed by atoms with van der Waals surface area (Å²) in [4.78, 5) is 0. The highest BCUT2D eigenvalue weighted by Gasteiger charge is 2.07. The van der Waals surface area contributed by atoms with Gasteiger partial charge in [0.25, 0.3) is 0 Å². The van der Waals surface area contributed by atoms with Crippen molar-refractivity contribution >= 4 is 0 Å². The smallest absolute Gasteiger partial charge is 0.0691 e. The summed E-state index contributed by atoms with van der Waals surface area (Å²) in [5, 5.41) is 18.6. The topological polar surface area (TPSA) is 40.5 Å². The van der Waals surface area contributed by atoms with Gasteiger partial charge in [0, 0.05) is 0 Å². The zero-order chi connectivity index (χ0) is 11.4. The van der Waals surface area contributed by atoms with Crippen molar-refractivity contribution in [1.82, 2.24) is 0 Å². The van der Waals surface area contributed by atoms with Crippen LogP contribution in [0.5, 0.6) is 0 Å². The Morgan fingerprint density at radius 3 is 2.12 bits per heavy atom. The number of hydrogen-bond donors (Lipinski definition) is 2. The highest BCUT2D eigenvalue weighted by atomic mass is 16.3. The Bertz CT molecular complexity index is 463. The van der Waals surface area contributed by atoms with Crippen LogP contribution in [0.25, 0.3) is 11.1 Å². The van der Waals surface area contributed by atoms with Crippen LogP contribution in [0, 0.1) is 0 Å². The van der Waals surface area contributed by atoms with E-state index in [1.165, 1.54) is 0 Å². The number of benzene rings is 2. The van der Waals surface area contributed by atoms with Gasteiger partial charge in [-0.15, -0.1) is 0 Å². The van der Waals surface area contributed by atoms with Crippen molar-refractivity contribution in [2.24, 2.45) is 0 Å². The molecule has 2 aromatic rings. The Labute approximate surface area is 94.8 Å². The second kappa shape index (κ2) is 4.92. The van der Waals surface area contributed by atoms with Crippen molar-refractivity contribution in [3.05, 3.63) is 59.7 Å². The van der Waals surface area contributed by atoms with E-state index in [9.17, 15) is 10.2 Å². The molecule has 2 N–H and O–H groups in total. The van der Waals surface area contributed by atoms with E-state index in [-0.39, 0.29) is 13.2 Å². The van der Waals surface area contributed by atoms with Gasteiger partial charge in [0.2, 0.25) is 0 Å². The van der Waals surface area contributed by atoms with E-state index in [0.29, 0.717) is 0 Å². The molecule has 0 spiro atoms. The largest absolute Gasteiger partial charge is 0.392 e. The summed E-state index contributed by atoms with van der Waals surface area (Å²) in [5.74, 6) is 0. The Morgan fingerprint density at radius 2 is 1.50 bits per heavy atom. The molecule has 0 aliphatic carbocycles. The molecule has 82 valence electrons. The van der Waals surface area contributed by atoms with Crippen LogP contribution < -0.4 is 0 Å². The van der Waals surface area contributed by atoms with Gasteiger partial charge in [-0.3, -0.25) is 0 Å². The summed E-state index contributed by atoms with van der Waals surface area (Å²) in [5.41, 5.74) is 3.62. The summed E-state index contributed by atoms with van der Waals surface area (Å²) in [6.07, 6.45) is 0. The summed E-state index contributed by atoms with van der Waals surface area (Å²) in [7, 11) is 0. The highest BCUT2D eigenvalue weighted by molar-refractivity contribution is 5.68. The molecule has 0 bridgehead atoms. The molecule has 16 heavy (non-hydrogen) atoms. The highest BCUT2D eigenvalue weighted by Crippen LogP contribution is 2.26. The quantitative estimate of drug-likeness (QED) is 0.823. The maximum atomic E-state index is 9.38. The van der Waals surface area contributed by atoms with Gasteiger partial charge in [-0.05, 0) is 22.3 Å². The van der Waals surface area contributed by atoms with E-state index < -0.39 is 0 Å². The van der Waals surface area contributed by atoms with Crippen LogP contribution >= 0.6 is 0 Å². The number of aliphatic hydroxyl groups is 2. The number of hydrogen-bond acceptors (Lipinski definition) is 2. The average Bonchev–Trinajstić information content (AvgIpc) is 2.38. The van der Waals surface area contributed by atoms with Gasteiger partial charge < -0.3 is 10.2 Å². The summed E-state index contributed by atoms with van der Waals surface area (Å²) >= 11 is 0. The maximum Gasteiger partial charge on any atom is 0.0691 e. The van der Waals surface area contributed by atoms with Crippen molar-refractivity contribution < 1.29 is 10.2 Å². The standard InChI is InChI=1S/C14H14O2/c15-9-12-7-4-8-13(14(12)10-16)11-5-2-1-3-6-11/h1-8,15-16H,9-10H2. The van der Waals surface area contributed by atoms with E-state index in [0.717, 1.165) is 22.3 Å². The first-order chi connectivity index (χ1) is 7.86. The molecule has 2 aromatic carbocycles. The monoisotopic (exact) mass is 214 g/mol. The van der Waals surface area contributed by atoms with Gasteiger partial charge in [-0.1, -0.05) is 48.5 Å². The van der Waals surface area contributed by atoms with E-state index in [1.54, 1.807) is 0 Å². The lowest BCUT2D eigenvalue weighted by atomic mass is 9.96. The third-order valence-electron chi connectivity index (χ3n) is 2.69. The van der Waals surface area contributed by atoms with Crippen LogP contribution in [0.2, 0.25) is 0 Å². The van der Waals surface area contributed by atoms with Crippen LogP contribution in [-0.4, -0.2) is 10.2 Å². The molecule has 0 unspecified atom stereocenters. The molecule has 0 heterocycles. The van der Waals surface area contributed by atoms with Crippen molar-refractivity contribution in [3.8, 4) is 11.1 Å². The molecule has 0 radical (unpaired) electrons.